The zero-order valence-electron chi connectivity index (χ0n) is 10.9. The molecule has 1 heteroatoms. The van der Waals surface area contributed by atoms with Crippen LogP contribution in [0.2, 0.25) is 0 Å². The van der Waals surface area contributed by atoms with Crippen LogP contribution in [-0.2, 0) is 0 Å². The highest BCUT2D eigenvalue weighted by atomic mass is 16.3. The van der Waals surface area contributed by atoms with Crippen LogP contribution < -0.4 is 0 Å². The lowest BCUT2D eigenvalue weighted by atomic mass is 9.86. The molecule has 1 rings (SSSR count). The Morgan fingerprint density at radius 1 is 1.33 bits per heavy atom. The number of aliphatic hydroxyl groups is 1. The van der Waals surface area contributed by atoms with Crippen LogP contribution in [0.3, 0.4) is 0 Å². The number of aliphatic hydroxyl groups excluding tert-OH is 1. The second-order valence-electron chi connectivity index (χ2n) is 5.87. The minimum absolute atomic E-state index is 0.166. The second-order valence-corrected chi connectivity index (χ2v) is 5.87. The summed E-state index contributed by atoms with van der Waals surface area (Å²) in [5, 5.41) is 9.45. The van der Waals surface area contributed by atoms with Crippen molar-refractivity contribution in [2.24, 2.45) is 11.3 Å². The first-order valence-corrected chi connectivity index (χ1v) is 6.22. The van der Waals surface area contributed by atoms with E-state index in [-0.39, 0.29) is 6.10 Å². The van der Waals surface area contributed by atoms with Crippen LogP contribution in [0.1, 0.15) is 60.3 Å². The zero-order valence-corrected chi connectivity index (χ0v) is 10.9. The smallest absolute Gasteiger partial charge is 0.0537 e. The summed E-state index contributed by atoms with van der Waals surface area (Å²) in [6, 6.07) is 0. The maximum atomic E-state index is 9.45. The van der Waals surface area contributed by atoms with E-state index in [9.17, 15) is 5.11 Å². The number of rotatable bonds is 4. The second kappa shape index (κ2) is 4.69. The first-order chi connectivity index (χ1) is 6.84. The maximum absolute atomic E-state index is 9.45. The molecule has 2 atom stereocenters. The van der Waals surface area contributed by atoms with E-state index >= 15 is 0 Å². The summed E-state index contributed by atoms with van der Waals surface area (Å²) in [5.74, 6) is 0.425. The highest BCUT2D eigenvalue weighted by Crippen LogP contribution is 2.43. The van der Waals surface area contributed by atoms with Crippen LogP contribution in [0.15, 0.2) is 11.1 Å². The first-order valence-electron chi connectivity index (χ1n) is 6.22. The van der Waals surface area contributed by atoms with Gasteiger partial charge in [0.15, 0.2) is 0 Å². The lowest BCUT2D eigenvalue weighted by Gasteiger charge is -2.20. The Bertz CT molecular complexity index is 248. The van der Waals surface area contributed by atoms with Crippen molar-refractivity contribution in [2.75, 3.05) is 0 Å². The highest BCUT2D eigenvalue weighted by Gasteiger charge is 2.28. The minimum atomic E-state index is -0.166. The zero-order chi connectivity index (χ0) is 11.6. The van der Waals surface area contributed by atoms with Gasteiger partial charge < -0.3 is 5.11 Å². The quantitative estimate of drug-likeness (QED) is 0.697. The normalized spacial score (nSPS) is 24.4. The van der Waals surface area contributed by atoms with Crippen molar-refractivity contribution < 1.29 is 5.11 Å². The summed E-state index contributed by atoms with van der Waals surface area (Å²) < 4.78 is 0. The monoisotopic (exact) mass is 210 g/mol. The predicted molar refractivity (Wildman–Crippen MR) is 65.8 cm³/mol. The Kier molecular flexibility index (Phi) is 3.99. The molecule has 1 nitrogen and oxygen atoms in total. The van der Waals surface area contributed by atoms with Gasteiger partial charge in [0.1, 0.15) is 0 Å². The third-order valence-corrected chi connectivity index (χ3v) is 4.32. The lowest BCUT2D eigenvalue weighted by Crippen LogP contribution is -2.13. The summed E-state index contributed by atoms with van der Waals surface area (Å²) in [4.78, 5) is 0. The summed E-state index contributed by atoms with van der Waals surface area (Å²) in [7, 11) is 0. The van der Waals surface area contributed by atoms with E-state index in [1.54, 1.807) is 11.1 Å². The predicted octanol–water partition coefficient (Wildman–Crippen LogP) is 3.92. The third kappa shape index (κ3) is 3.07. The molecule has 0 amide bonds. The molecule has 0 aromatic carbocycles. The molecular weight excluding hydrogens is 184 g/mol. The highest BCUT2D eigenvalue weighted by molar-refractivity contribution is 5.24. The molecule has 0 aliphatic heterocycles. The average Bonchev–Trinajstić information content (AvgIpc) is 2.39. The molecule has 0 heterocycles. The average molecular weight is 210 g/mol. The van der Waals surface area contributed by atoms with E-state index in [1.807, 2.05) is 6.92 Å². The lowest BCUT2D eigenvalue weighted by molar-refractivity contribution is 0.130. The third-order valence-electron chi connectivity index (χ3n) is 4.32. The van der Waals surface area contributed by atoms with Gasteiger partial charge in [-0.15, -0.1) is 0 Å². The first kappa shape index (κ1) is 12.8. The fourth-order valence-electron chi connectivity index (χ4n) is 2.27. The Morgan fingerprint density at radius 2 is 1.93 bits per heavy atom. The van der Waals surface area contributed by atoms with Crippen molar-refractivity contribution in [3.05, 3.63) is 11.1 Å². The van der Waals surface area contributed by atoms with Crippen LogP contribution >= 0.6 is 0 Å². The Hall–Kier alpha value is -0.300. The van der Waals surface area contributed by atoms with Crippen molar-refractivity contribution in [3.63, 3.8) is 0 Å². The molecule has 2 unspecified atom stereocenters. The standard InChI is InChI=1S/C14H26O/c1-10(12(3)15)6-7-13-8-9-14(4,5)11(13)2/h10,12,15H,6-9H2,1-5H3. The summed E-state index contributed by atoms with van der Waals surface area (Å²) in [5.41, 5.74) is 3.66. The SMILES string of the molecule is CC1=C(CCC(C)C(C)O)CCC1(C)C. The topological polar surface area (TPSA) is 20.2 Å². The van der Waals surface area contributed by atoms with Gasteiger partial charge in [-0.25, -0.2) is 0 Å². The van der Waals surface area contributed by atoms with Gasteiger partial charge >= 0.3 is 0 Å². The van der Waals surface area contributed by atoms with Gasteiger partial charge in [-0.2, -0.15) is 0 Å². The number of allylic oxidation sites excluding steroid dienone is 2. The van der Waals surface area contributed by atoms with Crippen molar-refractivity contribution in [1.29, 1.82) is 0 Å². The molecule has 1 aliphatic carbocycles. The molecule has 0 aromatic rings. The van der Waals surface area contributed by atoms with E-state index in [0.29, 0.717) is 11.3 Å². The van der Waals surface area contributed by atoms with Crippen molar-refractivity contribution in [2.45, 2.75) is 66.4 Å². The number of hydrogen-bond acceptors (Lipinski definition) is 1. The Labute approximate surface area is 94.6 Å². The summed E-state index contributed by atoms with van der Waals surface area (Å²) in [6.07, 6.45) is 4.71. The Morgan fingerprint density at radius 3 is 2.33 bits per heavy atom. The summed E-state index contributed by atoms with van der Waals surface area (Å²) in [6.45, 7) is 11.0. The van der Waals surface area contributed by atoms with E-state index in [4.69, 9.17) is 0 Å². The van der Waals surface area contributed by atoms with Gasteiger partial charge in [-0.1, -0.05) is 31.9 Å². The van der Waals surface area contributed by atoms with Gasteiger partial charge in [0, 0.05) is 0 Å². The van der Waals surface area contributed by atoms with E-state index in [1.165, 1.54) is 19.3 Å². The molecule has 0 radical (unpaired) electrons. The van der Waals surface area contributed by atoms with Gasteiger partial charge in [0.2, 0.25) is 0 Å². The largest absolute Gasteiger partial charge is 0.393 e. The number of hydrogen-bond donors (Lipinski definition) is 1. The molecule has 1 aliphatic rings. The van der Waals surface area contributed by atoms with Crippen LogP contribution in [0.4, 0.5) is 0 Å². The van der Waals surface area contributed by atoms with Crippen LogP contribution in [0.5, 0.6) is 0 Å². The molecule has 0 saturated carbocycles. The molecule has 0 aromatic heterocycles. The molecule has 0 spiro atoms. The van der Waals surface area contributed by atoms with Gasteiger partial charge in [0.25, 0.3) is 0 Å². The van der Waals surface area contributed by atoms with Gasteiger partial charge in [-0.05, 0) is 50.9 Å². The maximum Gasteiger partial charge on any atom is 0.0537 e. The fraction of sp³-hybridized carbons (Fsp3) is 0.857. The Balaban J connectivity index is 2.50. The molecule has 0 saturated heterocycles. The minimum Gasteiger partial charge on any atom is -0.393 e. The van der Waals surface area contributed by atoms with Crippen molar-refractivity contribution in [1.82, 2.24) is 0 Å². The molecule has 0 bridgehead atoms. The molecule has 0 fully saturated rings. The molecule has 1 N–H and O–H groups in total. The molecular formula is C14H26O. The van der Waals surface area contributed by atoms with Crippen LogP contribution in [0.25, 0.3) is 0 Å². The molecule has 15 heavy (non-hydrogen) atoms. The van der Waals surface area contributed by atoms with Gasteiger partial charge in [0.05, 0.1) is 6.10 Å². The van der Waals surface area contributed by atoms with E-state index in [2.05, 4.69) is 27.7 Å². The summed E-state index contributed by atoms with van der Waals surface area (Å²) >= 11 is 0. The van der Waals surface area contributed by atoms with Crippen LogP contribution in [-0.4, -0.2) is 11.2 Å². The fourth-order valence-corrected chi connectivity index (χ4v) is 2.27. The van der Waals surface area contributed by atoms with Gasteiger partial charge in [-0.3, -0.25) is 0 Å². The van der Waals surface area contributed by atoms with E-state index in [0.717, 1.165) is 6.42 Å². The van der Waals surface area contributed by atoms with E-state index < -0.39 is 0 Å². The van der Waals surface area contributed by atoms with Crippen molar-refractivity contribution >= 4 is 0 Å². The molecule has 88 valence electrons. The van der Waals surface area contributed by atoms with Crippen LogP contribution in [0, 0.1) is 11.3 Å². The van der Waals surface area contributed by atoms with Crippen molar-refractivity contribution in [3.8, 4) is 0 Å².